The van der Waals surface area contributed by atoms with E-state index in [0.29, 0.717) is 18.2 Å². The SMILES string of the molecule is CN=C(NCc1ccc(F)c(COC)c1)NC1CCN(Cc2ccccc2C)CC1.I. The minimum Gasteiger partial charge on any atom is -0.380 e. The Bertz CT molecular complexity index is 853. The number of rotatable bonds is 7. The summed E-state index contributed by atoms with van der Waals surface area (Å²) >= 11 is 0. The molecule has 2 aromatic rings. The maximum absolute atomic E-state index is 13.8. The van der Waals surface area contributed by atoms with Crippen LogP contribution >= 0.6 is 24.0 Å². The topological polar surface area (TPSA) is 48.9 Å². The summed E-state index contributed by atoms with van der Waals surface area (Å²) in [6.07, 6.45) is 2.17. The first-order valence-electron chi connectivity index (χ1n) is 10.6. The molecule has 1 aliphatic heterocycles. The first-order chi connectivity index (χ1) is 14.6. The van der Waals surface area contributed by atoms with E-state index in [2.05, 4.69) is 51.7 Å². The zero-order valence-corrected chi connectivity index (χ0v) is 21.0. The quantitative estimate of drug-likeness (QED) is 0.314. The second-order valence-electron chi connectivity index (χ2n) is 7.91. The number of hydrogen-bond acceptors (Lipinski definition) is 3. The summed E-state index contributed by atoms with van der Waals surface area (Å²) in [5.41, 5.74) is 4.34. The van der Waals surface area contributed by atoms with E-state index >= 15 is 0 Å². The van der Waals surface area contributed by atoms with Crippen LogP contribution in [0.2, 0.25) is 0 Å². The molecule has 0 bridgehead atoms. The van der Waals surface area contributed by atoms with Crippen LogP contribution in [0, 0.1) is 12.7 Å². The normalized spacial score (nSPS) is 15.4. The van der Waals surface area contributed by atoms with E-state index in [4.69, 9.17) is 4.74 Å². The molecule has 0 aromatic heterocycles. The summed E-state index contributed by atoms with van der Waals surface area (Å²) in [4.78, 5) is 6.87. The van der Waals surface area contributed by atoms with E-state index in [0.717, 1.165) is 44.0 Å². The number of nitrogens with zero attached hydrogens (tertiary/aromatic N) is 2. The third-order valence-electron chi connectivity index (χ3n) is 5.68. The fourth-order valence-electron chi connectivity index (χ4n) is 3.84. The Morgan fingerprint density at radius 1 is 1.16 bits per heavy atom. The average molecular weight is 540 g/mol. The van der Waals surface area contributed by atoms with E-state index in [1.54, 1.807) is 20.2 Å². The van der Waals surface area contributed by atoms with Crippen molar-refractivity contribution in [2.75, 3.05) is 27.2 Å². The molecule has 1 saturated heterocycles. The molecular weight excluding hydrogens is 506 g/mol. The maximum atomic E-state index is 13.8. The zero-order valence-electron chi connectivity index (χ0n) is 18.7. The van der Waals surface area contributed by atoms with Crippen LogP contribution in [0.15, 0.2) is 47.5 Å². The molecule has 0 aliphatic carbocycles. The first-order valence-corrected chi connectivity index (χ1v) is 10.6. The van der Waals surface area contributed by atoms with Gasteiger partial charge in [-0.2, -0.15) is 0 Å². The van der Waals surface area contributed by atoms with E-state index < -0.39 is 0 Å². The van der Waals surface area contributed by atoms with Crippen LogP contribution in [0.5, 0.6) is 0 Å². The molecule has 2 aromatic carbocycles. The second-order valence-corrected chi connectivity index (χ2v) is 7.91. The maximum Gasteiger partial charge on any atom is 0.191 e. The van der Waals surface area contributed by atoms with Crippen molar-refractivity contribution in [3.05, 3.63) is 70.5 Å². The summed E-state index contributed by atoms with van der Waals surface area (Å²) in [5, 5.41) is 6.88. The van der Waals surface area contributed by atoms with Gasteiger partial charge in [0, 0.05) is 51.9 Å². The van der Waals surface area contributed by atoms with Gasteiger partial charge in [-0.15, -0.1) is 24.0 Å². The van der Waals surface area contributed by atoms with Crippen molar-refractivity contribution in [2.24, 2.45) is 4.99 Å². The smallest absolute Gasteiger partial charge is 0.191 e. The second kappa shape index (κ2) is 13.0. The van der Waals surface area contributed by atoms with Crippen LogP contribution in [0.1, 0.15) is 35.1 Å². The molecule has 1 aliphatic rings. The molecule has 0 unspecified atom stereocenters. The highest BCUT2D eigenvalue weighted by Gasteiger charge is 2.20. The molecule has 5 nitrogen and oxygen atoms in total. The van der Waals surface area contributed by atoms with Gasteiger partial charge in [-0.3, -0.25) is 9.89 Å². The van der Waals surface area contributed by atoms with Gasteiger partial charge in [0.2, 0.25) is 0 Å². The van der Waals surface area contributed by atoms with Crippen molar-refractivity contribution in [3.8, 4) is 0 Å². The number of likely N-dealkylation sites (tertiary alicyclic amines) is 1. The van der Waals surface area contributed by atoms with E-state index in [-0.39, 0.29) is 36.4 Å². The molecule has 0 spiro atoms. The van der Waals surface area contributed by atoms with Crippen molar-refractivity contribution >= 4 is 29.9 Å². The van der Waals surface area contributed by atoms with Crippen molar-refractivity contribution in [3.63, 3.8) is 0 Å². The highest BCUT2D eigenvalue weighted by molar-refractivity contribution is 14.0. The number of piperidine rings is 1. The summed E-state index contributed by atoms with van der Waals surface area (Å²) in [7, 11) is 3.35. The number of nitrogens with one attached hydrogen (secondary N) is 2. The highest BCUT2D eigenvalue weighted by Crippen LogP contribution is 2.16. The summed E-state index contributed by atoms with van der Waals surface area (Å²) in [6, 6.07) is 14.1. The Kier molecular flexibility index (Phi) is 10.7. The van der Waals surface area contributed by atoms with Gasteiger partial charge in [-0.05, 0) is 48.6 Å². The number of halogens is 2. The number of aryl methyl sites for hydroxylation is 1. The van der Waals surface area contributed by atoms with Crippen molar-refractivity contribution in [1.29, 1.82) is 0 Å². The van der Waals surface area contributed by atoms with Gasteiger partial charge in [-0.25, -0.2) is 4.39 Å². The Morgan fingerprint density at radius 2 is 1.90 bits per heavy atom. The van der Waals surface area contributed by atoms with Gasteiger partial charge in [0.1, 0.15) is 5.82 Å². The fraction of sp³-hybridized carbons (Fsp3) is 0.458. The summed E-state index contributed by atoms with van der Waals surface area (Å²) < 4.78 is 18.8. The molecule has 1 heterocycles. The third kappa shape index (κ3) is 7.73. The van der Waals surface area contributed by atoms with Crippen LogP contribution < -0.4 is 10.6 Å². The van der Waals surface area contributed by atoms with Crippen molar-refractivity contribution in [2.45, 2.75) is 45.5 Å². The molecule has 170 valence electrons. The standard InChI is InChI=1S/C24H33FN4O.HI/c1-18-6-4-5-7-20(18)16-29-12-10-22(11-13-29)28-24(26-2)27-15-19-8-9-23(25)21(14-19)17-30-3;/h4-9,14,22H,10-13,15-17H2,1-3H3,(H2,26,27,28);1H. The molecular formula is C24H34FIN4O. The van der Waals surface area contributed by atoms with Gasteiger partial charge < -0.3 is 15.4 Å². The molecule has 0 atom stereocenters. The van der Waals surface area contributed by atoms with Crippen LogP contribution in [0.3, 0.4) is 0 Å². The monoisotopic (exact) mass is 540 g/mol. The Balaban J connectivity index is 0.00000341. The number of benzene rings is 2. The molecule has 31 heavy (non-hydrogen) atoms. The predicted molar refractivity (Wildman–Crippen MR) is 135 cm³/mol. The van der Waals surface area contributed by atoms with Crippen molar-refractivity contribution < 1.29 is 9.13 Å². The third-order valence-corrected chi connectivity index (χ3v) is 5.68. The lowest BCUT2D eigenvalue weighted by molar-refractivity contribution is 0.181. The molecule has 1 fully saturated rings. The van der Waals surface area contributed by atoms with E-state index in [9.17, 15) is 4.39 Å². The van der Waals surface area contributed by atoms with Gasteiger partial charge in [0.25, 0.3) is 0 Å². The highest BCUT2D eigenvalue weighted by atomic mass is 127. The zero-order chi connectivity index (χ0) is 21.3. The van der Waals surface area contributed by atoms with E-state index in [1.807, 2.05) is 6.07 Å². The lowest BCUT2D eigenvalue weighted by Crippen LogP contribution is -2.48. The molecule has 3 rings (SSSR count). The summed E-state index contributed by atoms with van der Waals surface area (Å²) in [5.74, 6) is 0.547. The Labute approximate surface area is 202 Å². The lowest BCUT2D eigenvalue weighted by atomic mass is 10.0. The molecule has 0 amide bonds. The van der Waals surface area contributed by atoms with Crippen LogP contribution in [0.4, 0.5) is 4.39 Å². The summed E-state index contributed by atoms with van der Waals surface area (Å²) in [6.45, 7) is 6.19. The first kappa shape index (κ1) is 25.5. The van der Waals surface area contributed by atoms with Crippen LogP contribution in [-0.4, -0.2) is 44.1 Å². The van der Waals surface area contributed by atoms with Gasteiger partial charge in [0.15, 0.2) is 5.96 Å². The number of aliphatic imine (C=N–C) groups is 1. The van der Waals surface area contributed by atoms with E-state index in [1.165, 1.54) is 17.2 Å². The van der Waals surface area contributed by atoms with Gasteiger partial charge >= 0.3 is 0 Å². The van der Waals surface area contributed by atoms with Gasteiger partial charge in [-0.1, -0.05) is 30.3 Å². The predicted octanol–water partition coefficient (Wildman–Crippen LogP) is 4.23. The molecule has 7 heteroatoms. The van der Waals surface area contributed by atoms with Crippen LogP contribution in [0.25, 0.3) is 0 Å². The Hall–Kier alpha value is -1.71. The minimum atomic E-state index is -0.236. The molecule has 2 N–H and O–H groups in total. The Morgan fingerprint density at radius 3 is 2.58 bits per heavy atom. The number of guanidine groups is 1. The number of methoxy groups -OCH3 is 1. The number of hydrogen-bond donors (Lipinski definition) is 2. The number of ether oxygens (including phenoxy) is 1. The van der Waals surface area contributed by atoms with Gasteiger partial charge in [0.05, 0.1) is 6.61 Å². The van der Waals surface area contributed by atoms with Crippen molar-refractivity contribution in [1.82, 2.24) is 15.5 Å². The largest absolute Gasteiger partial charge is 0.380 e. The molecule has 0 radical (unpaired) electrons. The van der Waals surface area contributed by atoms with Crippen LogP contribution in [-0.2, 0) is 24.4 Å². The fourth-order valence-corrected chi connectivity index (χ4v) is 3.84. The lowest BCUT2D eigenvalue weighted by Gasteiger charge is -2.33. The molecule has 0 saturated carbocycles. The minimum absolute atomic E-state index is 0. The average Bonchev–Trinajstić information content (AvgIpc) is 2.76.